The van der Waals surface area contributed by atoms with Crippen LogP contribution in [0.2, 0.25) is 0 Å². The smallest absolute Gasteiger partial charge is 0.303 e. The third-order valence-electron chi connectivity index (χ3n) is 3.85. The maximum atomic E-state index is 12.6. The molecular formula is C15H20N2O3. The molecule has 1 amide bonds. The summed E-state index contributed by atoms with van der Waals surface area (Å²) in [6.07, 6.45) is 0.833. The molecule has 1 aliphatic heterocycles. The molecule has 1 aromatic rings. The Hall–Kier alpha value is -1.88. The Labute approximate surface area is 118 Å². The number of aliphatic carboxylic acids is 1. The zero-order valence-electron chi connectivity index (χ0n) is 11.6. The van der Waals surface area contributed by atoms with Crippen LogP contribution in [-0.4, -0.2) is 35.0 Å². The molecule has 0 radical (unpaired) electrons. The number of hydrogen-bond acceptors (Lipinski definition) is 3. The van der Waals surface area contributed by atoms with Gasteiger partial charge >= 0.3 is 5.97 Å². The summed E-state index contributed by atoms with van der Waals surface area (Å²) >= 11 is 0. The van der Waals surface area contributed by atoms with Crippen molar-refractivity contribution >= 4 is 11.9 Å². The minimum atomic E-state index is -1.07. The lowest BCUT2D eigenvalue weighted by Crippen LogP contribution is -2.50. The Morgan fingerprint density at radius 1 is 1.40 bits per heavy atom. The van der Waals surface area contributed by atoms with Crippen LogP contribution in [0.1, 0.15) is 25.3 Å². The molecule has 2 atom stereocenters. The summed E-state index contributed by atoms with van der Waals surface area (Å²) in [7, 11) is 0. The number of likely N-dealkylation sites (tertiary alicyclic amines) is 1. The van der Waals surface area contributed by atoms with E-state index in [2.05, 4.69) is 0 Å². The van der Waals surface area contributed by atoms with E-state index in [-0.39, 0.29) is 18.2 Å². The standard InChI is InChI=1S/C15H20N2O3/c1-15(16,12-5-3-2-4-6-12)14(20)17-8-7-11(10-17)9-13(18)19/h2-6,11H,7-10,16H2,1H3,(H,18,19). The van der Waals surface area contributed by atoms with Gasteiger partial charge in [0.1, 0.15) is 5.54 Å². The summed E-state index contributed by atoms with van der Waals surface area (Å²) in [5.74, 6) is -0.928. The molecule has 0 aromatic heterocycles. The number of nitrogens with two attached hydrogens (primary N) is 1. The molecule has 2 unspecified atom stereocenters. The Morgan fingerprint density at radius 3 is 2.65 bits per heavy atom. The number of hydrogen-bond donors (Lipinski definition) is 2. The van der Waals surface area contributed by atoms with Gasteiger partial charge in [-0.1, -0.05) is 30.3 Å². The molecular weight excluding hydrogens is 256 g/mol. The molecule has 1 aromatic carbocycles. The highest BCUT2D eigenvalue weighted by Gasteiger charge is 2.37. The van der Waals surface area contributed by atoms with E-state index in [0.29, 0.717) is 13.1 Å². The molecule has 3 N–H and O–H groups in total. The van der Waals surface area contributed by atoms with Crippen molar-refractivity contribution in [1.29, 1.82) is 0 Å². The number of carbonyl (C=O) groups is 2. The molecule has 0 spiro atoms. The van der Waals surface area contributed by atoms with Crippen LogP contribution in [0.5, 0.6) is 0 Å². The van der Waals surface area contributed by atoms with Crippen LogP contribution in [0.4, 0.5) is 0 Å². The van der Waals surface area contributed by atoms with Crippen molar-refractivity contribution in [1.82, 2.24) is 4.90 Å². The van der Waals surface area contributed by atoms with Crippen molar-refractivity contribution in [3.63, 3.8) is 0 Å². The van der Waals surface area contributed by atoms with Gasteiger partial charge in [0.2, 0.25) is 5.91 Å². The number of carboxylic acids is 1. The first-order valence-electron chi connectivity index (χ1n) is 6.77. The summed E-state index contributed by atoms with van der Waals surface area (Å²) in [6.45, 7) is 2.76. The number of carbonyl (C=O) groups excluding carboxylic acids is 1. The molecule has 1 heterocycles. The average Bonchev–Trinajstić information content (AvgIpc) is 2.86. The fraction of sp³-hybridized carbons (Fsp3) is 0.467. The number of benzene rings is 1. The van der Waals surface area contributed by atoms with E-state index in [9.17, 15) is 9.59 Å². The molecule has 1 aliphatic rings. The van der Waals surface area contributed by atoms with Gasteiger partial charge in [-0.05, 0) is 24.8 Å². The molecule has 0 bridgehead atoms. The molecule has 108 valence electrons. The highest BCUT2D eigenvalue weighted by Crippen LogP contribution is 2.26. The first-order chi connectivity index (χ1) is 9.41. The van der Waals surface area contributed by atoms with E-state index < -0.39 is 11.5 Å². The SMILES string of the molecule is CC(N)(C(=O)N1CCC(CC(=O)O)C1)c1ccccc1. The van der Waals surface area contributed by atoms with E-state index in [1.54, 1.807) is 11.8 Å². The Morgan fingerprint density at radius 2 is 2.05 bits per heavy atom. The van der Waals surface area contributed by atoms with Gasteiger partial charge in [0.25, 0.3) is 0 Å². The van der Waals surface area contributed by atoms with Crippen molar-refractivity contribution < 1.29 is 14.7 Å². The van der Waals surface area contributed by atoms with Crippen LogP contribution >= 0.6 is 0 Å². The van der Waals surface area contributed by atoms with Gasteiger partial charge in [0.15, 0.2) is 0 Å². The summed E-state index contributed by atoms with van der Waals surface area (Å²) in [5.41, 5.74) is 5.90. The average molecular weight is 276 g/mol. The summed E-state index contributed by atoms with van der Waals surface area (Å²) in [4.78, 5) is 25.0. The predicted molar refractivity (Wildman–Crippen MR) is 74.9 cm³/mol. The number of rotatable bonds is 4. The van der Waals surface area contributed by atoms with Crippen LogP contribution in [-0.2, 0) is 15.1 Å². The van der Waals surface area contributed by atoms with E-state index in [1.165, 1.54) is 0 Å². The second-order valence-electron chi connectivity index (χ2n) is 5.57. The maximum absolute atomic E-state index is 12.6. The van der Waals surface area contributed by atoms with Gasteiger partial charge in [-0.2, -0.15) is 0 Å². The second kappa shape index (κ2) is 5.63. The molecule has 1 saturated heterocycles. The van der Waals surface area contributed by atoms with Crippen LogP contribution < -0.4 is 5.73 Å². The topological polar surface area (TPSA) is 83.6 Å². The van der Waals surface area contributed by atoms with Crippen LogP contribution in [0.25, 0.3) is 0 Å². The molecule has 20 heavy (non-hydrogen) atoms. The number of nitrogens with zero attached hydrogens (tertiary/aromatic N) is 1. The van der Waals surface area contributed by atoms with Gasteiger partial charge in [-0.15, -0.1) is 0 Å². The number of amides is 1. The Bertz CT molecular complexity index is 499. The third-order valence-corrected chi connectivity index (χ3v) is 3.85. The lowest BCUT2D eigenvalue weighted by molar-refractivity contribution is -0.139. The van der Waals surface area contributed by atoms with Gasteiger partial charge < -0.3 is 15.7 Å². The number of carboxylic acid groups (broad SMARTS) is 1. The van der Waals surface area contributed by atoms with Gasteiger partial charge in [-0.25, -0.2) is 0 Å². The lowest BCUT2D eigenvalue weighted by atomic mass is 9.91. The Kier molecular flexibility index (Phi) is 4.09. The monoisotopic (exact) mass is 276 g/mol. The predicted octanol–water partition coefficient (Wildman–Crippen LogP) is 1.18. The first kappa shape index (κ1) is 14.5. The van der Waals surface area contributed by atoms with Gasteiger partial charge in [-0.3, -0.25) is 9.59 Å². The van der Waals surface area contributed by atoms with Gasteiger partial charge in [0, 0.05) is 19.5 Å². The van der Waals surface area contributed by atoms with E-state index in [1.807, 2.05) is 30.3 Å². The van der Waals surface area contributed by atoms with Crippen LogP contribution in [0, 0.1) is 5.92 Å². The fourth-order valence-electron chi connectivity index (χ4n) is 2.67. The normalized spacial score (nSPS) is 21.5. The Balaban J connectivity index is 2.07. The summed E-state index contributed by atoms with van der Waals surface area (Å²) < 4.78 is 0. The van der Waals surface area contributed by atoms with Crippen LogP contribution in [0.15, 0.2) is 30.3 Å². The molecule has 2 rings (SSSR count). The maximum Gasteiger partial charge on any atom is 0.303 e. The summed E-state index contributed by atoms with van der Waals surface area (Å²) in [5, 5.41) is 8.81. The molecule has 0 aliphatic carbocycles. The lowest BCUT2D eigenvalue weighted by Gasteiger charge is -2.29. The molecule has 0 saturated carbocycles. The zero-order chi connectivity index (χ0) is 14.8. The minimum absolute atomic E-state index is 0.0306. The van der Waals surface area contributed by atoms with E-state index >= 15 is 0 Å². The highest BCUT2D eigenvalue weighted by atomic mass is 16.4. The van der Waals surface area contributed by atoms with Crippen molar-refractivity contribution in [2.45, 2.75) is 25.3 Å². The summed E-state index contributed by atoms with van der Waals surface area (Å²) in [6, 6.07) is 9.25. The zero-order valence-corrected chi connectivity index (χ0v) is 11.6. The first-order valence-corrected chi connectivity index (χ1v) is 6.77. The largest absolute Gasteiger partial charge is 0.481 e. The van der Waals surface area contributed by atoms with E-state index in [0.717, 1.165) is 12.0 Å². The molecule has 5 heteroatoms. The molecule has 5 nitrogen and oxygen atoms in total. The highest BCUT2D eigenvalue weighted by molar-refractivity contribution is 5.87. The fourth-order valence-corrected chi connectivity index (χ4v) is 2.67. The van der Waals surface area contributed by atoms with Crippen molar-refractivity contribution in [3.05, 3.63) is 35.9 Å². The molecule has 1 fully saturated rings. The quantitative estimate of drug-likeness (QED) is 0.865. The van der Waals surface area contributed by atoms with Crippen molar-refractivity contribution in [2.24, 2.45) is 11.7 Å². The van der Waals surface area contributed by atoms with Crippen molar-refractivity contribution in [2.75, 3.05) is 13.1 Å². The minimum Gasteiger partial charge on any atom is -0.481 e. The van der Waals surface area contributed by atoms with Crippen molar-refractivity contribution in [3.8, 4) is 0 Å². The van der Waals surface area contributed by atoms with Crippen LogP contribution in [0.3, 0.4) is 0 Å². The third kappa shape index (κ3) is 2.99. The van der Waals surface area contributed by atoms with Gasteiger partial charge in [0.05, 0.1) is 0 Å². The van der Waals surface area contributed by atoms with E-state index in [4.69, 9.17) is 10.8 Å². The second-order valence-corrected chi connectivity index (χ2v) is 5.57.